The maximum absolute atomic E-state index is 12.9. The third kappa shape index (κ3) is 41.7. The van der Waals surface area contributed by atoms with Crippen molar-refractivity contribution in [2.45, 2.75) is 257 Å². The largest absolute Gasteiger partial charge is 0.472 e. The van der Waals surface area contributed by atoms with Gasteiger partial charge in [0.25, 0.3) is 0 Å². The minimum absolute atomic E-state index is 0.0784. The van der Waals surface area contributed by atoms with Gasteiger partial charge in [-0.2, -0.15) is 0 Å². The van der Waals surface area contributed by atoms with Gasteiger partial charge in [0.15, 0.2) is 0 Å². The van der Waals surface area contributed by atoms with Gasteiger partial charge in [-0.05, 0) is 12.8 Å². The number of carbonyl (C=O) groups is 1. The number of amides is 1. The second-order valence-electron chi connectivity index (χ2n) is 18.2. The Balaban J connectivity index is 4.08. The summed E-state index contributed by atoms with van der Waals surface area (Å²) in [5.74, 6) is -0.141. The van der Waals surface area contributed by atoms with Crippen molar-refractivity contribution in [2.24, 2.45) is 0 Å². The topological polar surface area (TPSA) is 105 Å². The molecule has 3 atom stereocenters. The number of quaternary nitrogens is 1. The van der Waals surface area contributed by atoms with Crippen LogP contribution in [-0.2, 0) is 18.4 Å². The lowest BCUT2D eigenvalue weighted by atomic mass is 10.0. The van der Waals surface area contributed by atoms with Gasteiger partial charge >= 0.3 is 7.82 Å². The Morgan fingerprint density at radius 1 is 0.536 bits per heavy atom. The molecule has 0 aliphatic heterocycles. The molecule has 3 N–H and O–H groups in total. The monoisotopic (exact) mass is 818 g/mol. The van der Waals surface area contributed by atoms with Crippen LogP contribution < -0.4 is 5.32 Å². The average Bonchev–Trinajstić information content (AvgIpc) is 3.15. The zero-order valence-electron chi connectivity index (χ0n) is 38.2. The van der Waals surface area contributed by atoms with Crippen molar-refractivity contribution in [3.8, 4) is 0 Å². The van der Waals surface area contributed by atoms with E-state index in [0.29, 0.717) is 23.9 Å². The molecule has 0 saturated carbocycles. The second-order valence-corrected chi connectivity index (χ2v) is 19.7. The lowest BCUT2D eigenvalue weighted by molar-refractivity contribution is -0.870. The third-order valence-corrected chi connectivity index (χ3v) is 12.3. The molecule has 0 bridgehead atoms. The summed E-state index contributed by atoms with van der Waals surface area (Å²) in [6.07, 6.45) is 44.3. The van der Waals surface area contributed by atoms with Crippen LogP contribution >= 0.6 is 7.82 Å². The Hall–Kier alpha value is -0.500. The number of unbranched alkanes of at least 4 members (excludes halogenated alkanes) is 32. The molecule has 0 saturated heterocycles. The van der Waals surface area contributed by atoms with E-state index in [0.717, 1.165) is 38.5 Å². The smallest absolute Gasteiger partial charge is 0.391 e. The van der Waals surface area contributed by atoms with Crippen LogP contribution in [0.3, 0.4) is 0 Å². The van der Waals surface area contributed by atoms with Crippen LogP contribution in [0.2, 0.25) is 0 Å². The number of phosphoric ester groups is 1. The molecule has 0 aliphatic rings. The molecule has 3 unspecified atom stereocenters. The molecule has 0 fully saturated rings. The van der Waals surface area contributed by atoms with E-state index in [2.05, 4.69) is 19.2 Å². The van der Waals surface area contributed by atoms with Gasteiger partial charge in [-0.1, -0.05) is 226 Å². The molecule has 0 rings (SSSR count). The van der Waals surface area contributed by atoms with Crippen LogP contribution in [0.25, 0.3) is 0 Å². The summed E-state index contributed by atoms with van der Waals surface area (Å²) in [6.45, 7) is 4.90. The summed E-state index contributed by atoms with van der Waals surface area (Å²) in [6, 6.07) is -0.752. The van der Waals surface area contributed by atoms with Gasteiger partial charge in [0.2, 0.25) is 5.91 Å². The van der Waals surface area contributed by atoms with Gasteiger partial charge in [0.05, 0.1) is 39.9 Å². The van der Waals surface area contributed by atoms with Crippen LogP contribution in [-0.4, -0.2) is 73.4 Å². The number of aliphatic hydroxyl groups is 1. The van der Waals surface area contributed by atoms with Crippen molar-refractivity contribution in [3.63, 3.8) is 0 Å². The molecule has 0 aliphatic carbocycles. The van der Waals surface area contributed by atoms with E-state index >= 15 is 0 Å². The first-order chi connectivity index (χ1) is 27.0. The molecule has 336 valence electrons. The summed E-state index contributed by atoms with van der Waals surface area (Å²) in [5.41, 5.74) is 0. The number of phosphoric acid groups is 1. The van der Waals surface area contributed by atoms with Crippen LogP contribution in [0, 0.1) is 0 Å². The Morgan fingerprint density at radius 2 is 0.857 bits per heavy atom. The number of nitrogens with one attached hydrogen (secondary N) is 1. The van der Waals surface area contributed by atoms with E-state index in [1.54, 1.807) is 0 Å². The highest BCUT2D eigenvalue weighted by Crippen LogP contribution is 2.43. The number of carbonyl (C=O) groups excluding carboxylic acids is 1. The summed E-state index contributed by atoms with van der Waals surface area (Å²) < 4.78 is 23.6. The predicted molar refractivity (Wildman–Crippen MR) is 240 cm³/mol. The molecular weight excluding hydrogens is 719 g/mol. The Kier molecular flexibility index (Phi) is 39.6. The minimum Gasteiger partial charge on any atom is -0.391 e. The number of nitrogens with zero attached hydrogens (tertiary/aromatic N) is 1. The van der Waals surface area contributed by atoms with Gasteiger partial charge < -0.3 is 19.8 Å². The van der Waals surface area contributed by atoms with Crippen molar-refractivity contribution in [1.82, 2.24) is 5.32 Å². The summed E-state index contributed by atoms with van der Waals surface area (Å²) in [4.78, 5) is 23.1. The minimum atomic E-state index is -4.30. The molecule has 1 amide bonds. The first-order valence-corrected chi connectivity index (χ1v) is 25.9. The summed E-state index contributed by atoms with van der Waals surface area (Å²) in [5, 5.41) is 13.9. The van der Waals surface area contributed by atoms with Gasteiger partial charge in [-0.3, -0.25) is 13.8 Å². The summed E-state index contributed by atoms with van der Waals surface area (Å²) >= 11 is 0. The first kappa shape index (κ1) is 55.5. The van der Waals surface area contributed by atoms with Crippen LogP contribution in [0.4, 0.5) is 0 Å². The predicted octanol–water partition coefficient (Wildman–Crippen LogP) is 13.8. The normalized spacial score (nSPS) is 14.2. The number of likely N-dealkylation sites (N-methyl/N-ethyl adjacent to an activating group) is 1. The highest BCUT2D eigenvalue weighted by atomic mass is 31.2. The summed E-state index contributed by atoms with van der Waals surface area (Å²) in [7, 11) is 1.63. The number of hydrogen-bond donors (Lipinski definition) is 3. The standard InChI is InChI=1S/C47H97N2O6P/c1-6-8-10-12-14-16-18-19-20-21-22-23-24-25-26-27-28-29-30-31-33-35-37-39-41-47(51)48-45(44-55-56(52,53)54-43-42-49(3,4)5)46(50)40-38-36-34-32-17-15-13-11-9-7-2/h45-46,50H,6-44H2,1-5H3,(H-,48,51,52,53)/p+1. The van der Waals surface area contributed by atoms with E-state index in [1.165, 1.54) is 180 Å². The average molecular weight is 818 g/mol. The van der Waals surface area contributed by atoms with Gasteiger partial charge in [-0.15, -0.1) is 0 Å². The highest BCUT2D eigenvalue weighted by molar-refractivity contribution is 7.47. The van der Waals surface area contributed by atoms with E-state index in [1.807, 2.05) is 21.1 Å². The molecule has 0 aromatic carbocycles. The fourth-order valence-corrected chi connectivity index (χ4v) is 8.20. The number of rotatable bonds is 45. The fraction of sp³-hybridized carbons (Fsp3) is 0.979. The zero-order valence-corrected chi connectivity index (χ0v) is 39.0. The number of hydrogen-bond acceptors (Lipinski definition) is 5. The van der Waals surface area contributed by atoms with Gasteiger partial charge in [0, 0.05) is 6.42 Å². The second kappa shape index (κ2) is 39.9. The Morgan fingerprint density at radius 3 is 1.20 bits per heavy atom. The van der Waals surface area contributed by atoms with Crippen LogP contribution in [0.5, 0.6) is 0 Å². The van der Waals surface area contributed by atoms with Crippen molar-refractivity contribution < 1.29 is 32.9 Å². The van der Waals surface area contributed by atoms with Gasteiger partial charge in [0.1, 0.15) is 13.2 Å². The Bertz CT molecular complexity index is 885. The van der Waals surface area contributed by atoms with E-state index in [-0.39, 0.29) is 19.1 Å². The zero-order chi connectivity index (χ0) is 41.4. The fourth-order valence-electron chi connectivity index (χ4n) is 7.46. The van der Waals surface area contributed by atoms with E-state index < -0.39 is 20.0 Å². The maximum Gasteiger partial charge on any atom is 0.472 e. The molecule has 0 radical (unpaired) electrons. The molecule has 0 heterocycles. The molecule has 9 heteroatoms. The highest BCUT2D eigenvalue weighted by Gasteiger charge is 2.28. The third-order valence-electron chi connectivity index (χ3n) is 11.4. The van der Waals surface area contributed by atoms with E-state index in [4.69, 9.17) is 9.05 Å². The first-order valence-electron chi connectivity index (χ1n) is 24.4. The van der Waals surface area contributed by atoms with Crippen LogP contribution in [0.1, 0.15) is 245 Å². The Labute approximate surface area is 349 Å². The van der Waals surface area contributed by atoms with Crippen molar-refractivity contribution in [3.05, 3.63) is 0 Å². The molecule has 56 heavy (non-hydrogen) atoms. The van der Waals surface area contributed by atoms with E-state index in [9.17, 15) is 19.4 Å². The SMILES string of the molecule is CCCCCCCCCCCCCCCCCCCCCCCCCCC(=O)NC(COP(=O)(O)OCC[N+](C)(C)C)C(O)CCCCCCCCCCCC. The molecule has 8 nitrogen and oxygen atoms in total. The van der Waals surface area contributed by atoms with Gasteiger partial charge in [-0.25, -0.2) is 4.57 Å². The molecule has 0 spiro atoms. The lowest BCUT2D eigenvalue weighted by Crippen LogP contribution is -2.46. The quantitative estimate of drug-likeness (QED) is 0.0321. The molecular formula is C47H98N2O6P+. The van der Waals surface area contributed by atoms with Crippen LogP contribution in [0.15, 0.2) is 0 Å². The maximum atomic E-state index is 12.9. The number of aliphatic hydroxyl groups excluding tert-OH is 1. The van der Waals surface area contributed by atoms with Crippen molar-refractivity contribution >= 4 is 13.7 Å². The molecule has 0 aromatic rings. The van der Waals surface area contributed by atoms with Crippen molar-refractivity contribution in [2.75, 3.05) is 40.9 Å². The lowest BCUT2D eigenvalue weighted by Gasteiger charge is -2.26. The molecule has 0 aromatic heterocycles. The van der Waals surface area contributed by atoms with Crippen molar-refractivity contribution in [1.29, 1.82) is 0 Å².